The molecule has 1 heterocycles. The molecule has 31 heavy (non-hydrogen) atoms. The van der Waals surface area contributed by atoms with Crippen LogP contribution in [0.15, 0.2) is 0 Å². The molecule has 2 fully saturated rings. The van der Waals surface area contributed by atoms with E-state index in [1.54, 1.807) is 4.90 Å². The van der Waals surface area contributed by atoms with Gasteiger partial charge in [-0.1, -0.05) is 46.0 Å². The largest absolute Gasteiger partial charge is 0.349 e. The fraction of sp³-hybridized carbons (Fsp3) is 0.826. The third-order valence-corrected chi connectivity index (χ3v) is 6.52. The number of nitrogens with one attached hydrogen (secondary N) is 2. The van der Waals surface area contributed by atoms with Gasteiger partial charge < -0.3 is 21.3 Å². The van der Waals surface area contributed by atoms with E-state index in [9.17, 15) is 19.2 Å². The van der Waals surface area contributed by atoms with Crippen LogP contribution in [0.3, 0.4) is 0 Å². The van der Waals surface area contributed by atoms with Crippen molar-refractivity contribution in [2.75, 3.05) is 13.1 Å². The Morgan fingerprint density at radius 3 is 2.35 bits per heavy atom. The molecule has 176 valence electrons. The standard InChI is InChI=1S/C23H40N4O4/c1-3-5-12-17(20(28)22(30)25-14-4-2)26-21(29)18-13-9-15-27(18)23(31)19(24)16-10-7-6-8-11-16/h16-19H,3-15,24H2,1-2H3,(H,25,30)(H,26,29)/t17?,18-,19-/m0/s1. The van der Waals surface area contributed by atoms with Crippen molar-refractivity contribution < 1.29 is 19.2 Å². The van der Waals surface area contributed by atoms with E-state index in [-0.39, 0.29) is 17.7 Å². The van der Waals surface area contributed by atoms with Crippen molar-refractivity contribution in [3.05, 3.63) is 0 Å². The van der Waals surface area contributed by atoms with Crippen LogP contribution in [0.5, 0.6) is 0 Å². The first kappa shape index (κ1) is 25.3. The lowest BCUT2D eigenvalue weighted by molar-refractivity contribution is -0.143. The van der Waals surface area contributed by atoms with E-state index in [0.717, 1.165) is 51.4 Å². The zero-order valence-electron chi connectivity index (χ0n) is 19.2. The van der Waals surface area contributed by atoms with Gasteiger partial charge in [-0.2, -0.15) is 0 Å². The molecule has 0 aromatic heterocycles. The van der Waals surface area contributed by atoms with E-state index in [0.29, 0.717) is 25.9 Å². The molecule has 1 saturated heterocycles. The van der Waals surface area contributed by atoms with Crippen LogP contribution in [0.4, 0.5) is 0 Å². The summed E-state index contributed by atoms with van der Waals surface area (Å²) < 4.78 is 0. The minimum absolute atomic E-state index is 0.165. The SMILES string of the molecule is CCCCC(NC(=O)[C@@H]1CCCN1C(=O)[C@@H](N)C1CCCCC1)C(=O)C(=O)NCCC. The number of Topliss-reactive ketones (excluding diaryl/α,β-unsaturated/α-hetero) is 1. The van der Waals surface area contributed by atoms with E-state index in [2.05, 4.69) is 10.6 Å². The van der Waals surface area contributed by atoms with Crippen molar-refractivity contribution in [2.24, 2.45) is 11.7 Å². The second-order valence-corrected chi connectivity index (χ2v) is 8.94. The van der Waals surface area contributed by atoms with Gasteiger partial charge in [-0.05, 0) is 44.4 Å². The number of nitrogens with two attached hydrogens (primary N) is 1. The van der Waals surface area contributed by atoms with Crippen molar-refractivity contribution in [3.8, 4) is 0 Å². The molecule has 2 rings (SSSR count). The lowest BCUT2D eigenvalue weighted by Crippen LogP contribution is -2.56. The maximum Gasteiger partial charge on any atom is 0.289 e. The number of hydrogen-bond donors (Lipinski definition) is 3. The average Bonchev–Trinajstić information content (AvgIpc) is 3.29. The molecular formula is C23H40N4O4. The average molecular weight is 437 g/mol. The van der Waals surface area contributed by atoms with Crippen LogP contribution in [-0.4, -0.2) is 59.6 Å². The molecule has 4 N–H and O–H groups in total. The number of carbonyl (C=O) groups is 4. The van der Waals surface area contributed by atoms with Crippen molar-refractivity contribution in [3.63, 3.8) is 0 Å². The molecule has 0 bridgehead atoms. The summed E-state index contributed by atoms with van der Waals surface area (Å²) in [5.41, 5.74) is 6.31. The summed E-state index contributed by atoms with van der Waals surface area (Å²) >= 11 is 0. The number of rotatable bonds is 11. The zero-order chi connectivity index (χ0) is 22.8. The highest BCUT2D eigenvalue weighted by Crippen LogP contribution is 2.28. The third-order valence-electron chi connectivity index (χ3n) is 6.52. The van der Waals surface area contributed by atoms with Crippen molar-refractivity contribution in [2.45, 2.75) is 103 Å². The highest BCUT2D eigenvalue weighted by molar-refractivity contribution is 6.38. The normalized spacial score (nSPS) is 21.4. The van der Waals surface area contributed by atoms with Gasteiger partial charge in [0.25, 0.3) is 5.91 Å². The Bertz CT molecular complexity index is 633. The number of unbranched alkanes of at least 4 members (excludes halogenated alkanes) is 1. The number of likely N-dealkylation sites (tertiary alicyclic amines) is 1. The van der Waals surface area contributed by atoms with Crippen LogP contribution in [0.1, 0.15) is 84.5 Å². The summed E-state index contributed by atoms with van der Waals surface area (Å²) in [6.45, 7) is 4.82. The predicted molar refractivity (Wildman–Crippen MR) is 119 cm³/mol. The highest BCUT2D eigenvalue weighted by atomic mass is 16.2. The van der Waals surface area contributed by atoms with Crippen LogP contribution >= 0.6 is 0 Å². The summed E-state index contributed by atoms with van der Waals surface area (Å²) in [5.74, 6) is -1.64. The van der Waals surface area contributed by atoms with Crippen LogP contribution in [0.25, 0.3) is 0 Å². The van der Waals surface area contributed by atoms with Crippen LogP contribution < -0.4 is 16.4 Å². The first-order valence-corrected chi connectivity index (χ1v) is 12.1. The van der Waals surface area contributed by atoms with Gasteiger partial charge in [-0.25, -0.2) is 0 Å². The lowest BCUT2D eigenvalue weighted by atomic mass is 9.83. The molecule has 2 aliphatic rings. The van der Waals surface area contributed by atoms with Gasteiger partial charge in [-0.15, -0.1) is 0 Å². The fourth-order valence-corrected chi connectivity index (χ4v) is 4.62. The van der Waals surface area contributed by atoms with Crippen LogP contribution in [-0.2, 0) is 19.2 Å². The van der Waals surface area contributed by atoms with E-state index in [4.69, 9.17) is 5.73 Å². The van der Waals surface area contributed by atoms with Crippen molar-refractivity contribution >= 4 is 23.5 Å². The lowest BCUT2D eigenvalue weighted by Gasteiger charge is -2.32. The Kier molecular flexibility index (Phi) is 10.4. The highest BCUT2D eigenvalue weighted by Gasteiger charge is 2.39. The summed E-state index contributed by atoms with van der Waals surface area (Å²) in [6.07, 6.45) is 9.26. The molecule has 3 atom stereocenters. The number of hydrogen-bond acceptors (Lipinski definition) is 5. The molecule has 0 radical (unpaired) electrons. The smallest absolute Gasteiger partial charge is 0.289 e. The van der Waals surface area contributed by atoms with E-state index in [1.807, 2.05) is 13.8 Å². The molecular weight excluding hydrogens is 396 g/mol. The monoisotopic (exact) mass is 436 g/mol. The van der Waals surface area contributed by atoms with Gasteiger partial charge in [0.1, 0.15) is 6.04 Å². The Balaban J connectivity index is 2.02. The first-order chi connectivity index (χ1) is 14.9. The zero-order valence-corrected chi connectivity index (χ0v) is 19.2. The van der Waals surface area contributed by atoms with E-state index in [1.165, 1.54) is 6.42 Å². The molecule has 1 saturated carbocycles. The number of carbonyl (C=O) groups excluding carboxylic acids is 4. The number of ketones is 1. The predicted octanol–water partition coefficient (Wildman–Crippen LogP) is 1.66. The fourth-order valence-electron chi connectivity index (χ4n) is 4.62. The summed E-state index contributed by atoms with van der Waals surface area (Å²) in [5, 5.41) is 5.36. The molecule has 0 spiro atoms. The minimum Gasteiger partial charge on any atom is -0.349 e. The van der Waals surface area contributed by atoms with Gasteiger partial charge in [0, 0.05) is 13.1 Å². The van der Waals surface area contributed by atoms with E-state index < -0.39 is 29.8 Å². The van der Waals surface area contributed by atoms with Gasteiger partial charge >= 0.3 is 0 Å². The Labute approximate surface area is 186 Å². The first-order valence-electron chi connectivity index (χ1n) is 12.1. The van der Waals surface area contributed by atoms with Crippen molar-refractivity contribution in [1.29, 1.82) is 0 Å². The minimum atomic E-state index is -0.867. The second kappa shape index (κ2) is 12.8. The maximum atomic E-state index is 13.1. The van der Waals surface area contributed by atoms with Gasteiger partial charge in [0.2, 0.25) is 17.6 Å². The number of nitrogens with zero attached hydrogens (tertiary/aromatic N) is 1. The Morgan fingerprint density at radius 2 is 1.71 bits per heavy atom. The second-order valence-electron chi connectivity index (χ2n) is 8.94. The van der Waals surface area contributed by atoms with Gasteiger partial charge in [-0.3, -0.25) is 19.2 Å². The Morgan fingerprint density at radius 1 is 1.00 bits per heavy atom. The van der Waals surface area contributed by atoms with Crippen LogP contribution in [0, 0.1) is 5.92 Å². The molecule has 0 aromatic rings. The van der Waals surface area contributed by atoms with E-state index >= 15 is 0 Å². The summed E-state index contributed by atoms with van der Waals surface area (Å²) in [6, 6.07) is -2.07. The third kappa shape index (κ3) is 7.02. The Hall–Kier alpha value is -1.96. The van der Waals surface area contributed by atoms with Crippen LogP contribution in [0.2, 0.25) is 0 Å². The molecule has 1 aliphatic heterocycles. The molecule has 8 heteroatoms. The molecule has 0 aromatic carbocycles. The van der Waals surface area contributed by atoms with Gasteiger partial charge in [0.05, 0.1) is 12.1 Å². The number of amides is 3. The van der Waals surface area contributed by atoms with Gasteiger partial charge in [0.15, 0.2) is 0 Å². The maximum absolute atomic E-state index is 13.1. The quantitative estimate of drug-likeness (QED) is 0.425. The summed E-state index contributed by atoms with van der Waals surface area (Å²) in [7, 11) is 0. The molecule has 3 amide bonds. The molecule has 1 aliphatic carbocycles. The molecule has 8 nitrogen and oxygen atoms in total. The summed E-state index contributed by atoms with van der Waals surface area (Å²) in [4.78, 5) is 52.5. The van der Waals surface area contributed by atoms with Crippen molar-refractivity contribution in [1.82, 2.24) is 15.5 Å². The topological polar surface area (TPSA) is 122 Å². The molecule has 1 unspecified atom stereocenters.